The van der Waals surface area contributed by atoms with Crippen LogP contribution in [0, 0.1) is 11.7 Å². The Labute approximate surface area is 105 Å². The predicted molar refractivity (Wildman–Crippen MR) is 65.9 cm³/mol. The van der Waals surface area contributed by atoms with Crippen molar-refractivity contribution in [1.82, 2.24) is 10.3 Å². The van der Waals surface area contributed by atoms with Crippen LogP contribution in [0.4, 0.5) is 10.2 Å². The van der Waals surface area contributed by atoms with Crippen molar-refractivity contribution in [2.75, 3.05) is 24.5 Å². The van der Waals surface area contributed by atoms with Gasteiger partial charge in [-0.15, -0.1) is 0 Å². The summed E-state index contributed by atoms with van der Waals surface area (Å²) < 4.78 is 13.8. The topological polar surface area (TPSA) is 28.2 Å². The van der Waals surface area contributed by atoms with E-state index in [1.807, 2.05) is 4.90 Å². The predicted octanol–water partition coefficient (Wildman–Crippen LogP) is 2.06. The fourth-order valence-corrected chi connectivity index (χ4v) is 3.00. The second-order valence-electron chi connectivity index (χ2n) is 4.83. The molecule has 0 bridgehead atoms. The van der Waals surface area contributed by atoms with E-state index in [1.54, 1.807) is 0 Å². The average molecular weight is 256 g/mol. The summed E-state index contributed by atoms with van der Waals surface area (Å²) in [6.45, 7) is 2.81. The van der Waals surface area contributed by atoms with Gasteiger partial charge in [0.05, 0.1) is 5.02 Å². The molecule has 0 saturated carbocycles. The van der Waals surface area contributed by atoms with Crippen molar-refractivity contribution < 1.29 is 4.39 Å². The third-order valence-electron chi connectivity index (χ3n) is 3.69. The van der Waals surface area contributed by atoms with E-state index in [1.165, 1.54) is 25.1 Å². The van der Waals surface area contributed by atoms with E-state index in [0.717, 1.165) is 19.6 Å². The fourth-order valence-electron chi connectivity index (χ4n) is 2.86. The normalized spacial score (nSPS) is 28.2. The Bertz CT molecular complexity index is 412. The average Bonchev–Trinajstić information content (AvgIpc) is 2.72. The highest BCUT2D eigenvalue weighted by atomic mass is 35.5. The number of piperidine rings is 1. The Morgan fingerprint density at radius 3 is 3.12 bits per heavy atom. The highest BCUT2D eigenvalue weighted by Gasteiger charge is 2.35. The zero-order chi connectivity index (χ0) is 11.8. The molecular formula is C12H15ClFN3. The van der Waals surface area contributed by atoms with Crippen molar-refractivity contribution in [3.8, 4) is 0 Å². The number of nitrogens with zero attached hydrogens (tertiary/aromatic N) is 2. The molecule has 3 heterocycles. The number of anilines is 1. The van der Waals surface area contributed by atoms with Gasteiger partial charge in [0.25, 0.3) is 0 Å². The maximum absolute atomic E-state index is 13.8. The van der Waals surface area contributed by atoms with E-state index in [-0.39, 0.29) is 5.82 Å². The van der Waals surface area contributed by atoms with E-state index in [9.17, 15) is 4.39 Å². The zero-order valence-electron chi connectivity index (χ0n) is 9.50. The molecule has 2 unspecified atom stereocenters. The molecule has 2 aliphatic heterocycles. The summed E-state index contributed by atoms with van der Waals surface area (Å²) >= 11 is 5.71. The number of hydrogen-bond donors (Lipinski definition) is 1. The van der Waals surface area contributed by atoms with Gasteiger partial charge in [0, 0.05) is 25.3 Å². The van der Waals surface area contributed by atoms with Gasteiger partial charge in [0.1, 0.15) is 0 Å². The molecule has 2 fully saturated rings. The molecule has 3 nitrogen and oxygen atoms in total. The quantitative estimate of drug-likeness (QED) is 0.833. The standard InChI is InChI=1S/C12H15ClFN3/c13-9-4-10(14)12(16-5-9)17-6-8-2-1-3-15-11(8)7-17/h4-5,8,11,15H,1-3,6-7H2. The lowest BCUT2D eigenvalue weighted by Gasteiger charge is -2.24. The van der Waals surface area contributed by atoms with E-state index in [2.05, 4.69) is 10.3 Å². The van der Waals surface area contributed by atoms with Crippen LogP contribution in [-0.2, 0) is 0 Å². The van der Waals surface area contributed by atoms with Crippen LogP contribution in [0.5, 0.6) is 0 Å². The minimum atomic E-state index is -0.323. The van der Waals surface area contributed by atoms with Gasteiger partial charge in [0.2, 0.25) is 0 Å². The van der Waals surface area contributed by atoms with Gasteiger partial charge in [-0.25, -0.2) is 9.37 Å². The van der Waals surface area contributed by atoms with Gasteiger partial charge >= 0.3 is 0 Å². The number of nitrogens with one attached hydrogen (secondary N) is 1. The zero-order valence-corrected chi connectivity index (χ0v) is 10.3. The number of fused-ring (bicyclic) bond motifs is 1. The number of hydrogen-bond acceptors (Lipinski definition) is 3. The van der Waals surface area contributed by atoms with E-state index in [0.29, 0.717) is 22.8 Å². The lowest BCUT2D eigenvalue weighted by atomic mass is 9.94. The molecule has 0 aliphatic carbocycles. The third kappa shape index (κ3) is 2.11. The number of aromatic nitrogens is 1. The Balaban J connectivity index is 1.81. The van der Waals surface area contributed by atoms with Crippen LogP contribution in [0.3, 0.4) is 0 Å². The molecule has 1 N–H and O–H groups in total. The molecule has 0 spiro atoms. The Morgan fingerprint density at radius 2 is 2.35 bits per heavy atom. The molecule has 1 aromatic heterocycles. The molecule has 3 rings (SSSR count). The molecule has 2 atom stereocenters. The van der Waals surface area contributed by atoms with Gasteiger partial charge in [-0.05, 0) is 31.4 Å². The molecule has 92 valence electrons. The van der Waals surface area contributed by atoms with Crippen LogP contribution in [-0.4, -0.2) is 30.7 Å². The molecular weight excluding hydrogens is 241 g/mol. The number of rotatable bonds is 1. The molecule has 1 aromatic rings. The van der Waals surface area contributed by atoms with Crippen molar-refractivity contribution in [3.05, 3.63) is 23.1 Å². The van der Waals surface area contributed by atoms with E-state index in [4.69, 9.17) is 11.6 Å². The molecule has 0 amide bonds. The van der Waals surface area contributed by atoms with E-state index >= 15 is 0 Å². The van der Waals surface area contributed by atoms with Crippen LogP contribution in [0.2, 0.25) is 5.02 Å². The summed E-state index contributed by atoms with van der Waals surface area (Å²) in [5, 5.41) is 3.84. The van der Waals surface area contributed by atoms with Gasteiger partial charge in [-0.1, -0.05) is 11.6 Å². The van der Waals surface area contributed by atoms with Gasteiger partial charge in [0.15, 0.2) is 11.6 Å². The Kier molecular flexibility index (Phi) is 2.92. The van der Waals surface area contributed by atoms with Crippen LogP contribution < -0.4 is 10.2 Å². The van der Waals surface area contributed by atoms with E-state index < -0.39 is 0 Å². The van der Waals surface area contributed by atoms with Crippen molar-refractivity contribution in [1.29, 1.82) is 0 Å². The highest BCUT2D eigenvalue weighted by Crippen LogP contribution is 2.29. The first-order chi connectivity index (χ1) is 8.24. The smallest absolute Gasteiger partial charge is 0.167 e. The maximum Gasteiger partial charge on any atom is 0.167 e. The van der Waals surface area contributed by atoms with Crippen molar-refractivity contribution >= 4 is 17.4 Å². The summed E-state index contributed by atoms with van der Waals surface area (Å²) in [6, 6.07) is 1.82. The number of pyridine rings is 1. The van der Waals surface area contributed by atoms with Crippen molar-refractivity contribution in [2.24, 2.45) is 5.92 Å². The van der Waals surface area contributed by atoms with Gasteiger partial charge in [-0.2, -0.15) is 0 Å². The Hall–Kier alpha value is -0.870. The molecule has 0 aromatic carbocycles. The second-order valence-corrected chi connectivity index (χ2v) is 5.26. The van der Waals surface area contributed by atoms with Crippen LogP contribution in [0.25, 0.3) is 0 Å². The lowest BCUT2D eigenvalue weighted by Crippen LogP contribution is -2.40. The largest absolute Gasteiger partial charge is 0.352 e. The summed E-state index contributed by atoms with van der Waals surface area (Å²) in [5.41, 5.74) is 0. The first-order valence-corrected chi connectivity index (χ1v) is 6.41. The lowest BCUT2D eigenvalue weighted by molar-refractivity contribution is 0.340. The highest BCUT2D eigenvalue weighted by molar-refractivity contribution is 6.30. The summed E-state index contributed by atoms with van der Waals surface area (Å²) in [4.78, 5) is 6.14. The molecule has 0 radical (unpaired) electrons. The minimum absolute atomic E-state index is 0.323. The van der Waals surface area contributed by atoms with Gasteiger partial charge in [-0.3, -0.25) is 0 Å². The van der Waals surface area contributed by atoms with Gasteiger partial charge < -0.3 is 10.2 Å². The SMILES string of the molecule is Fc1cc(Cl)cnc1N1CC2CCCNC2C1. The van der Waals surface area contributed by atoms with Crippen LogP contribution in [0.15, 0.2) is 12.3 Å². The maximum atomic E-state index is 13.8. The van der Waals surface area contributed by atoms with Crippen LogP contribution in [0.1, 0.15) is 12.8 Å². The first-order valence-electron chi connectivity index (χ1n) is 6.03. The number of halogens is 2. The second kappa shape index (κ2) is 4.42. The van der Waals surface area contributed by atoms with Crippen molar-refractivity contribution in [3.63, 3.8) is 0 Å². The Morgan fingerprint density at radius 1 is 1.47 bits per heavy atom. The molecule has 2 saturated heterocycles. The minimum Gasteiger partial charge on any atom is -0.352 e. The summed E-state index contributed by atoms with van der Waals surface area (Å²) in [6.07, 6.45) is 3.95. The van der Waals surface area contributed by atoms with Crippen molar-refractivity contribution in [2.45, 2.75) is 18.9 Å². The fraction of sp³-hybridized carbons (Fsp3) is 0.583. The monoisotopic (exact) mass is 255 g/mol. The molecule has 5 heteroatoms. The van der Waals surface area contributed by atoms with Crippen LogP contribution >= 0.6 is 11.6 Å². The summed E-state index contributed by atoms with van der Waals surface area (Å²) in [7, 11) is 0. The summed E-state index contributed by atoms with van der Waals surface area (Å²) in [5.74, 6) is 0.738. The first kappa shape index (κ1) is 11.2. The third-order valence-corrected chi connectivity index (χ3v) is 3.89. The molecule has 17 heavy (non-hydrogen) atoms. The molecule has 2 aliphatic rings.